The van der Waals surface area contributed by atoms with Crippen LogP contribution in [0.2, 0.25) is 0 Å². The molecule has 2 heterocycles. The van der Waals surface area contributed by atoms with E-state index in [1.54, 1.807) is 4.90 Å². The van der Waals surface area contributed by atoms with Crippen LogP contribution in [0.3, 0.4) is 0 Å². The van der Waals surface area contributed by atoms with Crippen molar-refractivity contribution < 1.29 is 19.1 Å². The summed E-state index contributed by atoms with van der Waals surface area (Å²) >= 11 is 0. The summed E-state index contributed by atoms with van der Waals surface area (Å²) < 4.78 is 5.38. The number of ether oxygens (including phenoxy) is 1. The first-order valence-electron chi connectivity index (χ1n) is 8.19. The van der Waals surface area contributed by atoms with Crippen molar-refractivity contribution in [2.75, 3.05) is 26.7 Å². The molecule has 2 rings (SSSR count). The summed E-state index contributed by atoms with van der Waals surface area (Å²) in [6, 6.07) is -0.392. The number of hydrogen-bond donors (Lipinski definition) is 1. The van der Waals surface area contributed by atoms with Crippen LogP contribution in [-0.4, -0.2) is 66.0 Å². The van der Waals surface area contributed by atoms with Crippen molar-refractivity contribution in [3.05, 3.63) is 0 Å². The maximum atomic E-state index is 12.0. The second-order valence-electron chi connectivity index (χ2n) is 7.37. The highest BCUT2D eigenvalue weighted by Crippen LogP contribution is 2.20. The molecule has 0 saturated carbocycles. The summed E-state index contributed by atoms with van der Waals surface area (Å²) in [6.45, 7) is 7.60. The van der Waals surface area contributed by atoms with Crippen molar-refractivity contribution >= 4 is 17.9 Å². The molecule has 1 unspecified atom stereocenters. The zero-order chi connectivity index (χ0) is 17.2. The minimum Gasteiger partial charge on any atom is -0.444 e. The number of carbonyl (C=O) groups excluding carboxylic acids is 3. The van der Waals surface area contributed by atoms with E-state index in [0.29, 0.717) is 25.6 Å². The van der Waals surface area contributed by atoms with Gasteiger partial charge in [-0.1, -0.05) is 0 Å². The van der Waals surface area contributed by atoms with Crippen molar-refractivity contribution in [2.24, 2.45) is 5.92 Å². The molecule has 0 bridgehead atoms. The van der Waals surface area contributed by atoms with E-state index in [1.807, 2.05) is 20.8 Å². The Morgan fingerprint density at radius 3 is 2.35 bits per heavy atom. The van der Waals surface area contributed by atoms with Gasteiger partial charge in [0.2, 0.25) is 11.8 Å². The first-order chi connectivity index (χ1) is 10.7. The molecular formula is C16H27N3O4. The molecule has 2 aliphatic rings. The minimum absolute atomic E-state index is 0.132. The molecule has 0 spiro atoms. The summed E-state index contributed by atoms with van der Waals surface area (Å²) in [5.41, 5.74) is -0.475. The fourth-order valence-electron chi connectivity index (χ4n) is 2.87. The number of amides is 3. The van der Waals surface area contributed by atoms with Crippen molar-refractivity contribution in [3.63, 3.8) is 0 Å². The van der Waals surface area contributed by atoms with Gasteiger partial charge >= 0.3 is 6.09 Å². The number of likely N-dealkylation sites (tertiary alicyclic amines) is 2. The Bertz CT molecular complexity index is 478. The average Bonchev–Trinajstić information content (AvgIpc) is 2.71. The highest BCUT2D eigenvalue weighted by Gasteiger charge is 2.36. The third-order valence-electron chi connectivity index (χ3n) is 4.30. The van der Waals surface area contributed by atoms with E-state index in [1.165, 1.54) is 11.9 Å². The summed E-state index contributed by atoms with van der Waals surface area (Å²) in [7, 11) is 1.52. The average molecular weight is 325 g/mol. The number of piperidine rings is 1. The standard InChI is InChI=1S/C16H27N3O4/c1-16(2,3)23-15(22)19-7-5-11(6-8-19)10-17-12-9-13(20)18(4)14(12)21/h11-12,17H,5-10H2,1-4H3. The van der Waals surface area contributed by atoms with E-state index in [9.17, 15) is 14.4 Å². The molecule has 0 radical (unpaired) electrons. The van der Waals surface area contributed by atoms with E-state index in [2.05, 4.69) is 5.32 Å². The molecule has 1 atom stereocenters. The van der Waals surface area contributed by atoms with Crippen LogP contribution in [0, 0.1) is 5.92 Å². The highest BCUT2D eigenvalue weighted by atomic mass is 16.6. The summed E-state index contributed by atoms with van der Waals surface area (Å²) in [6.07, 6.45) is 1.72. The third-order valence-corrected chi connectivity index (χ3v) is 4.30. The smallest absolute Gasteiger partial charge is 0.410 e. The Balaban J connectivity index is 1.72. The summed E-state index contributed by atoms with van der Waals surface area (Å²) in [5, 5.41) is 3.20. The Labute approximate surface area is 137 Å². The van der Waals surface area contributed by atoms with Gasteiger partial charge < -0.3 is 15.0 Å². The molecule has 7 nitrogen and oxygen atoms in total. The molecule has 130 valence electrons. The van der Waals surface area contributed by atoms with Crippen LogP contribution in [0.1, 0.15) is 40.0 Å². The third kappa shape index (κ3) is 4.67. The topological polar surface area (TPSA) is 79.0 Å². The van der Waals surface area contributed by atoms with Gasteiger partial charge in [-0.2, -0.15) is 0 Å². The maximum Gasteiger partial charge on any atom is 0.410 e. The lowest BCUT2D eigenvalue weighted by Crippen LogP contribution is -2.45. The van der Waals surface area contributed by atoms with Gasteiger partial charge in [-0.25, -0.2) is 4.79 Å². The molecular weight excluding hydrogens is 298 g/mol. The Hall–Kier alpha value is -1.63. The predicted octanol–water partition coefficient (Wildman–Crippen LogP) is 0.980. The fourth-order valence-corrected chi connectivity index (χ4v) is 2.87. The van der Waals surface area contributed by atoms with Crippen LogP contribution < -0.4 is 5.32 Å². The number of nitrogens with zero attached hydrogens (tertiary/aromatic N) is 2. The summed E-state index contributed by atoms with van der Waals surface area (Å²) in [4.78, 5) is 38.2. The first kappa shape index (κ1) is 17.7. The summed E-state index contributed by atoms with van der Waals surface area (Å²) in [5.74, 6) is 0.121. The molecule has 3 amide bonds. The molecule has 2 aliphatic heterocycles. The molecule has 23 heavy (non-hydrogen) atoms. The maximum absolute atomic E-state index is 12.0. The molecule has 0 aliphatic carbocycles. The van der Waals surface area contributed by atoms with Gasteiger partial charge in [-0.15, -0.1) is 0 Å². The van der Waals surface area contributed by atoms with Crippen molar-refractivity contribution in [1.29, 1.82) is 0 Å². The van der Waals surface area contributed by atoms with Crippen molar-refractivity contribution in [2.45, 2.75) is 51.7 Å². The van der Waals surface area contributed by atoms with Crippen LogP contribution in [0.15, 0.2) is 0 Å². The quantitative estimate of drug-likeness (QED) is 0.783. The molecule has 2 fully saturated rings. The van der Waals surface area contributed by atoms with Crippen LogP contribution in [0.4, 0.5) is 4.79 Å². The molecule has 7 heteroatoms. The molecule has 0 aromatic carbocycles. The van der Waals surface area contributed by atoms with Gasteiger partial charge in [-0.3, -0.25) is 14.5 Å². The van der Waals surface area contributed by atoms with Gasteiger partial charge in [0.05, 0.1) is 12.5 Å². The fraction of sp³-hybridized carbons (Fsp3) is 0.812. The number of nitrogens with one attached hydrogen (secondary N) is 1. The normalized spacial score (nSPS) is 23.6. The molecule has 0 aromatic rings. The number of hydrogen-bond acceptors (Lipinski definition) is 5. The number of imide groups is 1. The second-order valence-corrected chi connectivity index (χ2v) is 7.37. The van der Waals surface area contributed by atoms with E-state index in [4.69, 9.17) is 4.74 Å². The van der Waals surface area contributed by atoms with E-state index >= 15 is 0 Å². The zero-order valence-corrected chi connectivity index (χ0v) is 14.4. The number of rotatable bonds is 3. The lowest BCUT2D eigenvalue weighted by atomic mass is 9.96. The Kier molecular flexibility index (Phi) is 5.29. The second kappa shape index (κ2) is 6.86. The van der Waals surface area contributed by atoms with Crippen LogP contribution in [0.5, 0.6) is 0 Å². The monoisotopic (exact) mass is 325 g/mol. The van der Waals surface area contributed by atoms with Gasteiger partial charge in [0.1, 0.15) is 5.60 Å². The van der Waals surface area contributed by atoms with Crippen LogP contribution in [-0.2, 0) is 14.3 Å². The predicted molar refractivity (Wildman–Crippen MR) is 84.7 cm³/mol. The molecule has 2 saturated heterocycles. The highest BCUT2D eigenvalue weighted by molar-refractivity contribution is 6.05. The van der Waals surface area contributed by atoms with Crippen molar-refractivity contribution in [3.8, 4) is 0 Å². The molecule has 1 N–H and O–H groups in total. The van der Waals surface area contributed by atoms with Crippen molar-refractivity contribution in [1.82, 2.24) is 15.1 Å². The van der Waals surface area contributed by atoms with Gasteiger partial charge in [-0.05, 0) is 46.1 Å². The minimum atomic E-state index is -0.475. The number of carbonyl (C=O) groups is 3. The lowest BCUT2D eigenvalue weighted by molar-refractivity contribution is -0.137. The number of likely N-dealkylation sites (N-methyl/N-ethyl adjacent to an activating group) is 1. The van der Waals surface area contributed by atoms with E-state index < -0.39 is 11.6 Å². The molecule has 0 aromatic heterocycles. The zero-order valence-electron chi connectivity index (χ0n) is 14.4. The SMILES string of the molecule is CN1C(=O)CC(NCC2CCN(C(=O)OC(C)(C)C)CC2)C1=O. The van der Waals surface area contributed by atoms with Gasteiger partial charge in [0, 0.05) is 20.1 Å². The Morgan fingerprint density at radius 1 is 1.26 bits per heavy atom. The van der Waals surface area contributed by atoms with E-state index in [-0.39, 0.29) is 24.3 Å². The first-order valence-corrected chi connectivity index (χ1v) is 8.19. The van der Waals surface area contributed by atoms with E-state index in [0.717, 1.165) is 12.8 Å². The van der Waals surface area contributed by atoms with Crippen LogP contribution in [0.25, 0.3) is 0 Å². The largest absolute Gasteiger partial charge is 0.444 e. The Morgan fingerprint density at radius 2 is 1.87 bits per heavy atom. The van der Waals surface area contributed by atoms with Gasteiger partial charge in [0.25, 0.3) is 0 Å². The lowest BCUT2D eigenvalue weighted by Gasteiger charge is -2.33. The van der Waals surface area contributed by atoms with Crippen LogP contribution >= 0.6 is 0 Å². The van der Waals surface area contributed by atoms with Gasteiger partial charge in [0.15, 0.2) is 0 Å².